The molecule has 2 heterocycles. The van der Waals surface area contributed by atoms with Crippen molar-refractivity contribution in [1.29, 1.82) is 0 Å². The molecule has 1 amide bonds. The first-order chi connectivity index (χ1) is 15.3. The molecule has 0 aliphatic carbocycles. The maximum Gasteiger partial charge on any atom is 0.273 e. The molecule has 166 valence electrons. The molecule has 0 fully saturated rings. The molecule has 0 radical (unpaired) electrons. The third-order valence-electron chi connectivity index (χ3n) is 5.10. The van der Waals surface area contributed by atoms with Crippen molar-refractivity contribution in [2.45, 2.75) is 11.8 Å². The van der Waals surface area contributed by atoms with Crippen LogP contribution in [0, 0.1) is 12.8 Å². The number of aromatic nitrogens is 1. The number of rotatable bonds is 7. The van der Waals surface area contributed by atoms with E-state index in [0.29, 0.717) is 24.4 Å². The van der Waals surface area contributed by atoms with E-state index < -0.39 is 10.0 Å². The van der Waals surface area contributed by atoms with Crippen LogP contribution in [-0.4, -0.2) is 50.8 Å². The summed E-state index contributed by atoms with van der Waals surface area (Å²) < 4.78 is 31.7. The molecule has 1 atom stereocenters. The van der Waals surface area contributed by atoms with Crippen LogP contribution in [-0.2, 0) is 10.0 Å². The van der Waals surface area contributed by atoms with Crippen LogP contribution in [0.4, 0.5) is 11.5 Å². The van der Waals surface area contributed by atoms with Crippen LogP contribution >= 0.6 is 0 Å². The van der Waals surface area contributed by atoms with Gasteiger partial charge in [0.05, 0.1) is 11.4 Å². The summed E-state index contributed by atoms with van der Waals surface area (Å²) in [5, 5.41) is 12.7. The lowest BCUT2D eigenvalue weighted by molar-refractivity contribution is 0.0769. The van der Waals surface area contributed by atoms with Gasteiger partial charge in [0.15, 0.2) is 5.82 Å². The zero-order valence-electron chi connectivity index (χ0n) is 17.7. The SMILES string of the molecule is Cc1cc(N(C)S(=O)(=O)c2ccc(NCC3C=NN(C(=O)c4ccccc4)C3)cc2)no1. The molecule has 2 aromatic carbocycles. The molecule has 0 saturated heterocycles. The monoisotopic (exact) mass is 453 g/mol. The molecular weight excluding hydrogens is 430 g/mol. The van der Waals surface area contributed by atoms with Crippen molar-refractivity contribution >= 4 is 33.7 Å². The highest BCUT2D eigenvalue weighted by molar-refractivity contribution is 7.92. The summed E-state index contributed by atoms with van der Waals surface area (Å²) in [6.07, 6.45) is 1.75. The molecule has 4 rings (SSSR count). The van der Waals surface area contributed by atoms with Crippen LogP contribution in [0.15, 0.2) is 75.2 Å². The average molecular weight is 454 g/mol. The number of nitrogens with one attached hydrogen (secondary N) is 1. The number of benzene rings is 2. The number of hydrazone groups is 1. The summed E-state index contributed by atoms with van der Waals surface area (Å²) in [5.41, 5.74) is 1.37. The summed E-state index contributed by atoms with van der Waals surface area (Å²) in [7, 11) is -2.32. The van der Waals surface area contributed by atoms with Gasteiger partial charge >= 0.3 is 0 Å². The minimum atomic E-state index is -3.75. The Hall–Kier alpha value is -3.66. The Balaban J connectivity index is 1.34. The summed E-state index contributed by atoms with van der Waals surface area (Å²) in [6.45, 7) is 2.74. The molecule has 0 bridgehead atoms. The highest BCUT2D eigenvalue weighted by atomic mass is 32.2. The van der Waals surface area contributed by atoms with Gasteiger partial charge in [0, 0.05) is 43.0 Å². The molecule has 9 nitrogen and oxygen atoms in total. The minimum Gasteiger partial charge on any atom is -0.384 e. The van der Waals surface area contributed by atoms with Crippen molar-refractivity contribution in [3.8, 4) is 0 Å². The fourth-order valence-electron chi connectivity index (χ4n) is 3.25. The molecule has 0 saturated carbocycles. The van der Waals surface area contributed by atoms with E-state index in [1.807, 2.05) is 18.2 Å². The second kappa shape index (κ2) is 8.83. The fraction of sp³-hybridized carbons (Fsp3) is 0.227. The first kappa shape index (κ1) is 21.6. The van der Waals surface area contributed by atoms with Crippen molar-refractivity contribution in [3.05, 3.63) is 72.0 Å². The van der Waals surface area contributed by atoms with Gasteiger partial charge in [0.2, 0.25) is 0 Å². The minimum absolute atomic E-state index is 0.0487. The fourth-order valence-corrected chi connectivity index (χ4v) is 4.38. The highest BCUT2D eigenvalue weighted by Crippen LogP contribution is 2.23. The van der Waals surface area contributed by atoms with E-state index in [4.69, 9.17) is 4.52 Å². The number of anilines is 2. The van der Waals surface area contributed by atoms with E-state index in [1.54, 1.807) is 43.5 Å². The van der Waals surface area contributed by atoms with Crippen molar-refractivity contribution in [3.63, 3.8) is 0 Å². The van der Waals surface area contributed by atoms with E-state index in [1.165, 1.54) is 24.2 Å². The summed E-state index contributed by atoms with van der Waals surface area (Å²) in [5.74, 6) is 0.666. The van der Waals surface area contributed by atoms with Gasteiger partial charge in [-0.05, 0) is 43.3 Å². The van der Waals surface area contributed by atoms with Gasteiger partial charge in [-0.15, -0.1) is 0 Å². The standard InChI is InChI=1S/C22H23N5O4S/c1-16-12-21(25-31-16)26(2)32(29,30)20-10-8-19(9-11-20)23-13-17-14-24-27(15-17)22(28)18-6-4-3-5-7-18/h3-12,14,17,23H,13,15H2,1-2H3. The molecule has 3 aromatic rings. The van der Waals surface area contributed by atoms with Crippen LogP contribution in [0.25, 0.3) is 0 Å². The Morgan fingerprint density at radius 2 is 1.91 bits per heavy atom. The van der Waals surface area contributed by atoms with Crippen molar-refractivity contribution in [2.24, 2.45) is 11.0 Å². The molecule has 32 heavy (non-hydrogen) atoms. The van der Waals surface area contributed by atoms with Gasteiger partial charge in [-0.25, -0.2) is 13.4 Å². The van der Waals surface area contributed by atoms with Gasteiger partial charge < -0.3 is 9.84 Å². The Kier molecular flexibility index (Phi) is 5.95. The molecule has 1 aliphatic heterocycles. The van der Waals surface area contributed by atoms with Crippen molar-refractivity contribution in [1.82, 2.24) is 10.2 Å². The lowest BCUT2D eigenvalue weighted by Gasteiger charge is -2.17. The number of carbonyl (C=O) groups excluding carboxylic acids is 1. The van der Waals surface area contributed by atoms with E-state index in [0.717, 1.165) is 9.99 Å². The number of hydrogen-bond acceptors (Lipinski definition) is 7. The predicted octanol–water partition coefficient (Wildman–Crippen LogP) is 2.98. The molecule has 0 spiro atoms. The number of aryl methyl sites for hydroxylation is 1. The van der Waals surface area contributed by atoms with Gasteiger partial charge in [0.25, 0.3) is 15.9 Å². The van der Waals surface area contributed by atoms with Crippen LogP contribution in [0.1, 0.15) is 16.1 Å². The molecule has 1 unspecified atom stereocenters. The van der Waals surface area contributed by atoms with Crippen molar-refractivity contribution < 1.29 is 17.7 Å². The molecule has 10 heteroatoms. The number of hydrogen-bond donors (Lipinski definition) is 1. The van der Waals surface area contributed by atoms with Crippen LogP contribution in [0.3, 0.4) is 0 Å². The second-order valence-corrected chi connectivity index (χ2v) is 9.42. The Morgan fingerprint density at radius 1 is 1.19 bits per heavy atom. The largest absolute Gasteiger partial charge is 0.384 e. The maximum absolute atomic E-state index is 12.8. The molecule has 1 aliphatic rings. The molecular formula is C22H23N5O4S. The number of carbonyl (C=O) groups is 1. The smallest absolute Gasteiger partial charge is 0.273 e. The van der Waals surface area contributed by atoms with E-state index in [9.17, 15) is 13.2 Å². The normalized spacial score (nSPS) is 15.7. The van der Waals surface area contributed by atoms with Crippen LogP contribution in [0.2, 0.25) is 0 Å². The van der Waals surface area contributed by atoms with E-state index in [-0.39, 0.29) is 22.5 Å². The first-order valence-corrected chi connectivity index (χ1v) is 11.5. The third kappa shape index (κ3) is 4.50. The topological polar surface area (TPSA) is 108 Å². The second-order valence-electron chi connectivity index (χ2n) is 7.45. The lowest BCUT2D eigenvalue weighted by Crippen LogP contribution is -2.28. The predicted molar refractivity (Wildman–Crippen MR) is 121 cm³/mol. The van der Waals surface area contributed by atoms with E-state index in [2.05, 4.69) is 15.6 Å². The number of amides is 1. The summed E-state index contributed by atoms with van der Waals surface area (Å²) >= 11 is 0. The first-order valence-electron chi connectivity index (χ1n) is 10.0. The summed E-state index contributed by atoms with van der Waals surface area (Å²) in [4.78, 5) is 12.6. The lowest BCUT2D eigenvalue weighted by atomic mass is 10.1. The quantitative estimate of drug-likeness (QED) is 0.589. The molecule has 1 N–H and O–H groups in total. The maximum atomic E-state index is 12.8. The summed E-state index contributed by atoms with van der Waals surface area (Å²) in [6, 6.07) is 17.1. The number of sulfonamides is 1. The van der Waals surface area contributed by atoms with Gasteiger partial charge in [-0.2, -0.15) is 5.10 Å². The van der Waals surface area contributed by atoms with Crippen LogP contribution in [0.5, 0.6) is 0 Å². The van der Waals surface area contributed by atoms with E-state index >= 15 is 0 Å². The Morgan fingerprint density at radius 3 is 2.56 bits per heavy atom. The third-order valence-corrected chi connectivity index (χ3v) is 6.87. The average Bonchev–Trinajstić information content (AvgIpc) is 3.46. The van der Waals surface area contributed by atoms with Crippen molar-refractivity contribution in [2.75, 3.05) is 29.8 Å². The van der Waals surface area contributed by atoms with Gasteiger partial charge in [-0.1, -0.05) is 23.4 Å². The number of nitrogens with zero attached hydrogens (tertiary/aromatic N) is 4. The highest BCUT2D eigenvalue weighted by Gasteiger charge is 2.25. The Bertz CT molecular complexity index is 1220. The van der Waals surface area contributed by atoms with Gasteiger partial charge in [0.1, 0.15) is 5.76 Å². The van der Waals surface area contributed by atoms with Gasteiger partial charge in [-0.3, -0.25) is 9.10 Å². The zero-order valence-corrected chi connectivity index (χ0v) is 18.5. The van der Waals surface area contributed by atoms with Crippen LogP contribution < -0.4 is 9.62 Å². The Labute approximate surface area is 186 Å². The zero-order chi connectivity index (χ0) is 22.7. The molecule has 1 aromatic heterocycles.